The molecule has 1 aromatic carbocycles. The first-order chi connectivity index (χ1) is 8.61. The van der Waals surface area contributed by atoms with Crippen LogP contribution >= 0.6 is 34.5 Å². The molecule has 0 saturated carbocycles. The summed E-state index contributed by atoms with van der Waals surface area (Å²) < 4.78 is 5.10. The van der Waals surface area contributed by atoms with Gasteiger partial charge in [0.2, 0.25) is 0 Å². The highest BCUT2D eigenvalue weighted by molar-refractivity contribution is 7.13. The number of anilines is 1. The van der Waals surface area contributed by atoms with E-state index in [1.54, 1.807) is 11.6 Å². The van der Waals surface area contributed by atoms with Crippen LogP contribution in [0.4, 0.5) is 5.13 Å². The number of rotatable bonds is 3. The van der Waals surface area contributed by atoms with Gasteiger partial charge in [0.25, 0.3) is 5.91 Å². The number of nitrogens with zero attached hydrogens (tertiary/aromatic N) is 1. The van der Waals surface area contributed by atoms with Crippen molar-refractivity contribution in [1.82, 2.24) is 4.98 Å². The lowest BCUT2D eigenvalue weighted by Gasteiger charge is -2.10. The van der Waals surface area contributed by atoms with Gasteiger partial charge in [-0.25, -0.2) is 4.98 Å². The van der Waals surface area contributed by atoms with E-state index in [1.165, 1.54) is 30.6 Å². The van der Waals surface area contributed by atoms with Gasteiger partial charge in [0, 0.05) is 16.6 Å². The van der Waals surface area contributed by atoms with E-state index < -0.39 is 0 Å². The molecule has 0 aliphatic carbocycles. The number of halogens is 2. The van der Waals surface area contributed by atoms with E-state index >= 15 is 0 Å². The number of aromatic nitrogens is 1. The summed E-state index contributed by atoms with van der Waals surface area (Å²) in [7, 11) is 1.44. The standard InChI is InChI=1S/C11H8Cl2N2O2S/c1-17-9-7(4-6(12)5-8(9)13)10(16)15-11-14-2-3-18-11/h2-5H,1H3,(H,14,15,16). The third kappa shape index (κ3) is 2.75. The van der Waals surface area contributed by atoms with E-state index in [2.05, 4.69) is 10.3 Å². The zero-order chi connectivity index (χ0) is 13.1. The first kappa shape index (κ1) is 13.1. The molecule has 0 spiro atoms. The summed E-state index contributed by atoms with van der Waals surface area (Å²) in [6.45, 7) is 0. The van der Waals surface area contributed by atoms with Crippen molar-refractivity contribution in [3.63, 3.8) is 0 Å². The van der Waals surface area contributed by atoms with E-state index in [0.29, 0.717) is 10.2 Å². The molecule has 7 heteroatoms. The fraction of sp³-hybridized carbons (Fsp3) is 0.0909. The van der Waals surface area contributed by atoms with Gasteiger partial charge in [-0.05, 0) is 12.1 Å². The largest absolute Gasteiger partial charge is 0.494 e. The molecular formula is C11H8Cl2N2O2S. The fourth-order valence-corrected chi connectivity index (χ4v) is 2.48. The van der Waals surface area contributed by atoms with E-state index in [0.717, 1.165) is 0 Å². The van der Waals surface area contributed by atoms with Crippen LogP contribution in [0.3, 0.4) is 0 Å². The molecule has 1 aromatic heterocycles. The van der Waals surface area contributed by atoms with Gasteiger partial charge in [0.15, 0.2) is 5.13 Å². The Bertz CT molecular complexity index is 573. The molecule has 0 saturated heterocycles. The number of amides is 1. The predicted molar refractivity (Wildman–Crippen MR) is 73.1 cm³/mol. The van der Waals surface area contributed by atoms with Crippen LogP contribution in [0.1, 0.15) is 10.4 Å². The average molecular weight is 303 g/mol. The van der Waals surface area contributed by atoms with Crippen molar-refractivity contribution in [2.75, 3.05) is 12.4 Å². The Balaban J connectivity index is 2.35. The van der Waals surface area contributed by atoms with Crippen LogP contribution in [0.25, 0.3) is 0 Å². The first-order valence-electron chi connectivity index (χ1n) is 4.85. The Morgan fingerprint density at radius 3 is 2.83 bits per heavy atom. The molecule has 0 fully saturated rings. The number of ether oxygens (including phenoxy) is 1. The molecule has 18 heavy (non-hydrogen) atoms. The Labute approximate surface area is 118 Å². The van der Waals surface area contributed by atoms with Gasteiger partial charge in [0.1, 0.15) is 5.75 Å². The predicted octanol–water partition coefficient (Wildman–Crippen LogP) is 3.71. The Morgan fingerprint density at radius 1 is 1.44 bits per heavy atom. The Morgan fingerprint density at radius 2 is 2.22 bits per heavy atom. The molecule has 2 rings (SSSR count). The van der Waals surface area contributed by atoms with Crippen molar-refractivity contribution in [2.24, 2.45) is 0 Å². The van der Waals surface area contributed by atoms with Gasteiger partial charge >= 0.3 is 0 Å². The number of nitrogens with one attached hydrogen (secondary N) is 1. The van der Waals surface area contributed by atoms with Gasteiger partial charge in [-0.3, -0.25) is 10.1 Å². The lowest BCUT2D eigenvalue weighted by atomic mass is 10.2. The van der Waals surface area contributed by atoms with Crippen LogP contribution in [-0.2, 0) is 0 Å². The van der Waals surface area contributed by atoms with Crippen molar-refractivity contribution in [1.29, 1.82) is 0 Å². The van der Waals surface area contributed by atoms with Crippen LogP contribution in [0, 0.1) is 0 Å². The van der Waals surface area contributed by atoms with E-state index in [4.69, 9.17) is 27.9 Å². The second-order valence-electron chi connectivity index (χ2n) is 3.26. The van der Waals surface area contributed by atoms with E-state index in [-0.39, 0.29) is 22.2 Å². The molecule has 4 nitrogen and oxygen atoms in total. The van der Waals surface area contributed by atoms with Gasteiger partial charge in [-0.1, -0.05) is 23.2 Å². The first-order valence-corrected chi connectivity index (χ1v) is 6.49. The van der Waals surface area contributed by atoms with Crippen molar-refractivity contribution in [3.05, 3.63) is 39.3 Å². The molecule has 0 aliphatic rings. The number of thiazole rings is 1. The topological polar surface area (TPSA) is 51.2 Å². The van der Waals surface area contributed by atoms with Crippen LogP contribution in [-0.4, -0.2) is 18.0 Å². The number of methoxy groups -OCH3 is 1. The van der Waals surface area contributed by atoms with Crippen LogP contribution in [0.15, 0.2) is 23.7 Å². The monoisotopic (exact) mass is 302 g/mol. The van der Waals surface area contributed by atoms with Crippen molar-refractivity contribution >= 4 is 45.6 Å². The van der Waals surface area contributed by atoms with Gasteiger partial charge in [-0.15, -0.1) is 11.3 Å². The summed E-state index contributed by atoms with van der Waals surface area (Å²) in [4.78, 5) is 16.0. The maximum atomic E-state index is 12.1. The summed E-state index contributed by atoms with van der Waals surface area (Å²) in [5, 5.41) is 5.55. The minimum absolute atomic E-state index is 0.269. The molecule has 94 valence electrons. The van der Waals surface area contributed by atoms with E-state index in [9.17, 15) is 4.79 Å². The number of hydrogen-bond acceptors (Lipinski definition) is 4. The summed E-state index contributed by atoms with van der Waals surface area (Å²) >= 11 is 13.1. The smallest absolute Gasteiger partial charge is 0.261 e. The highest BCUT2D eigenvalue weighted by Gasteiger charge is 2.17. The summed E-state index contributed by atoms with van der Waals surface area (Å²) in [5.74, 6) is -0.0821. The zero-order valence-corrected chi connectivity index (χ0v) is 11.6. The van der Waals surface area contributed by atoms with Crippen LogP contribution < -0.4 is 10.1 Å². The summed E-state index contributed by atoms with van der Waals surface area (Å²) in [6, 6.07) is 3.01. The second-order valence-corrected chi connectivity index (χ2v) is 5.00. The minimum atomic E-state index is -0.369. The Kier molecular flexibility index (Phi) is 4.06. The molecule has 0 bridgehead atoms. The lowest BCUT2D eigenvalue weighted by molar-refractivity contribution is 0.102. The lowest BCUT2D eigenvalue weighted by Crippen LogP contribution is -2.13. The fourth-order valence-electron chi connectivity index (χ4n) is 1.39. The maximum Gasteiger partial charge on any atom is 0.261 e. The van der Waals surface area contributed by atoms with Crippen molar-refractivity contribution in [3.8, 4) is 5.75 Å². The average Bonchev–Trinajstić information content (AvgIpc) is 2.80. The number of carbonyl (C=O) groups is 1. The maximum absolute atomic E-state index is 12.1. The second kappa shape index (κ2) is 5.56. The van der Waals surface area contributed by atoms with Crippen LogP contribution in [0.2, 0.25) is 10.0 Å². The Hall–Kier alpha value is -1.30. The summed E-state index contributed by atoms with van der Waals surface area (Å²) in [6.07, 6.45) is 1.60. The molecular weight excluding hydrogens is 295 g/mol. The number of hydrogen-bond donors (Lipinski definition) is 1. The highest BCUT2D eigenvalue weighted by atomic mass is 35.5. The molecule has 0 atom stereocenters. The quantitative estimate of drug-likeness (QED) is 0.940. The third-order valence-electron chi connectivity index (χ3n) is 2.11. The molecule has 1 heterocycles. The number of benzene rings is 1. The van der Waals surface area contributed by atoms with Gasteiger partial charge < -0.3 is 4.74 Å². The molecule has 1 amide bonds. The SMILES string of the molecule is COc1c(Cl)cc(Cl)cc1C(=O)Nc1nccs1. The van der Waals surface area contributed by atoms with Crippen molar-refractivity contribution < 1.29 is 9.53 Å². The van der Waals surface area contributed by atoms with Gasteiger partial charge in [0.05, 0.1) is 17.7 Å². The molecule has 1 N–H and O–H groups in total. The van der Waals surface area contributed by atoms with Crippen LogP contribution in [0.5, 0.6) is 5.75 Å². The van der Waals surface area contributed by atoms with E-state index in [1.807, 2.05) is 0 Å². The molecule has 0 aliphatic heterocycles. The van der Waals surface area contributed by atoms with Crippen molar-refractivity contribution in [2.45, 2.75) is 0 Å². The third-order valence-corrected chi connectivity index (χ3v) is 3.30. The minimum Gasteiger partial charge on any atom is -0.494 e. The molecule has 0 radical (unpaired) electrons. The molecule has 0 unspecified atom stereocenters. The normalized spacial score (nSPS) is 10.2. The highest BCUT2D eigenvalue weighted by Crippen LogP contribution is 2.32. The number of carbonyl (C=O) groups excluding carboxylic acids is 1. The van der Waals surface area contributed by atoms with Gasteiger partial charge in [-0.2, -0.15) is 0 Å². The zero-order valence-electron chi connectivity index (χ0n) is 9.24. The summed E-state index contributed by atoms with van der Waals surface area (Å²) in [5.41, 5.74) is 0.269. The molecule has 2 aromatic rings.